The molecule has 2 aliphatic rings. The van der Waals surface area contributed by atoms with Gasteiger partial charge in [0.15, 0.2) is 0 Å². The zero-order chi connectivity index (χ0) is 14.8. The van der Waals surface area contributed by atoms with E-state index >= 15 is 0 Å². The molecule has 0 amide bonds. The molecule has 0 spiro atoms. The van der Waals surface area contributed by atoms with Gasteiger partial charge in [-0.3, -0.25) is 0 Å². The highest BCUT2D eigenvalue weighted by atomic mass is 16.5. The van der Waals surface area contributed by atoms with Gasteiger partial charge in [0.2, 0.25) is 5.88 Å². The van der Waals surface area contributed by atoms with Gasteiger partial charge in [-0.25, -0.2) is 9.97 Å². The summed E-state index contributed by atoms with van der Waals surface area (Å²) in [6, 6.07) is 8.33. The summed E-state index contributed by atoms with van der Waals surface area (Å²) in [7, 11) is 0. The minimum absolute atomic E-state index is 0.662. The SMILES string of the molecule is c1cc(N2CCCC2)ncc1-c1ccc2c(n1)OCCNC2. The quantitative estimate of drug-likeness (QED) is 0.921. The summed E-state index contributed by atoms with van der Waals surface area (Å²) in [4.78, 5) is 11.6. The van der Waals surface area contributed by atoms with Gasteiger partial charge in [0.1, 0.15) is 12.4 Å². The van der Waals surface area contributed by atoms with Gasteiger partial charge in [-0.2, -0.15) is 0 Å². The smallest absolute Gasteiger partial charge is 0.218 e. The number of rotatable bonds is 2. The Morgan fingerprint density at radius 1 is 1.09 bits per heavy atom. The van der Waals surface area contributed by atoms with Crippen LogP contribution in [-0.4, -0.2) is 36.2 Å². The molecule has 0 atom stereocenters. The number of nitrogens with one attached hydrogen (secondary N) is 1. The van der Waals surface area contributed by atoms with Crippen LogP contribution in [0.3, 0.4) is 0 Å². The molecule has 0 radical (unpaired) electrons. The van der Waals surface area contributed by atoms with Gasteiger partial charge in [-0.15, -0.1) is 0 Å². The molecule has 0 aliphatic carbocycles. The van der Waals surface area contributed by atoms with E-state index in [-0.39, 0.29) is 0 Å². The van der Waals surface area contributed by atoms with Crippen molar-refractivity contribution in [3.05, 3.63) is 36.0 Å². The lowest BCUT2D eigenvalue weighted by Gasteiger charge is -2.16. The van der Waals surface area contributed by atoms with Crippen LogP contribution in [-0.2, 0) is 6.54 Å². The van der Waals surface area contributed by atoms with Crippen molar-refractivity contribution in [2.45, 2.75) is 19.4 Å². The topological polar surface area (TPSA) is 50.3 Å². The van der Waals surface area contributed by atoms with Crippen molar-refractivity contribution in [1.29, 1.82) is 0 Å². The molecule has 0 saturated carbocycles. The summed E-state index contributed by atoms with van der Waals surface area (Å²) in [6.45, 7) is 4.57. The normalized spacial score (nSPS) is 17.7. The number of aromatic nitrogens is 2. The first-order valence-electron chi connectivity index (χ1n) is 7.95. The molecule has 1 saturated heterocycles. The number of nitrogens with zero attached hydrogens (tertiary/aromatic N) is 3. The highest BCUT2D eigenvalue weighted by Gasteiger charge is 2.14. The van der Waals surface area contributed by atoms with Gasteiger partial charge in [0.25, 0.3) is 0 Å². The van der Waals surface area contributed by atoms with E-state index < -0.39 is 0 Å². The fourth-order valence-electron chi connectivity index (χ4n) is 3.00. The largest absolute Gasteiger partial charge is 0.476 e. The van der Waals surface area contributed by atoms with Crippen LogP contribution in [0.1, 0.15) is 18.4 Å². The number of pyridine rings is 2. The summed E-state index contributed by atoms with van der Waals surface area (Å²) >= 11 is 0. The Kier molecular flexibility index (Phi) is 3.64. The fraction of sp³-hybridized carbons (Fsp3) is 0.412. The molecule has 0 bridgehead atoms. The van der Waals surface area contributed by atoms with Crippen LogP contribution >= 0.6 is 0 Å². The van der Waals surface area contributed by atoms with Crippen molar-refractivity contribution in [3.63, 3.8) is 0 Å². The third-order valence-electron chi connectivity index (χ3n) is 4.25. The lowest BCUT2D eigenvalue weighted by atomic mass is 10.1. The van der Waals surface area contributed by atoms with Crippen molar-refractivity contribution >= 4 is 5.82 Å². The highest BCUT2D eigenvalue weighted by molar-refractivity contribution is 5.61. The number of hydrogen-bond acceptors (Lipinski definition) is 5. The number of ether oxygens (including phenoxy) is 1. The maximum atomic E-state index is 5.71. The summed E-state index contributed by atoms with van der Waals surface area (Å²) in [5, 5.41) is 3.32. The molecule has 0 aromatic carbocycles. The van der Waals surface area contributed by atoms with Crippen LogP contribution in [0.5, 0.6) is 5.88 Å². The minimum Gasteiger partial charge on any atom is -0.476 e. The molecule has 2 aromatic rings. The molecular weight excluding hydrogens is 276 g/mol. The number of fused-ring (bicyclic) bond motifs is 1. The zero-order valence-electron chi connectivity index (χ0n) is 12.6. The summed E-state index contributed by atoms with van der Waals surface area (Å²) in [6.07, 6.45) is 4.44. The molecule has 2 aromatic heterocycles. The van der Waals surface area contributed by atoms with Gasteiger partial charge < -0.3 is 15.0 Å². The zero-order valence-corrected chi connectivity index (χ0v) is 12.6. The van der Waals surface area contributed by atoms with E-state index in [2.05, 4.69) is 38.4 Å². The average Bonchev–Trinajstić information content (AvgIpc) is 3.00. The van der Waals surface area contributed by atoms with Gasteiger partial charge in [0.05, 0.1) is 5.69 Å². The molecule has 4 heterocycles. The van der Waals surface area contributed by atoms with Crippen LogP contribution in [0, 0.1) is 0 Å². The van der Waals surface area contributed by atoms with Crippen LogP contribution in [0.15, 0.2) is 30.5 Å². The van der Waals surface area contributed by atoms with Crippen molar-refractivity contribution in [1.82, 2.24) is 15.3 Å². The van der Waals surface area contributed by atoms with Crippen molar-refractivity contribution in [2.75, 3.05) is 31.1 Å². The molecule has 2 aliphatic heterocycles. The first-order chi connectivity index (χ1) is 10.9. The van der Waals surface area contributed by atoms with Crippen LogP contribution < -0.4 is 15.0 Å². The Morgan fingerprint density at radius 3 is 2.82 bits per heavy atom. The first-order valence-corrected chi connectivity index (χ1v) is 7.95. The third-order valence-corrected chi connectivity index (χ3v) is 4.25. The third kappa shape index (κ3) is 2.64. The molecule has 5 heteroatoms. The van der Waals surface area contributed by atoms with Crippen molar-refractivity contribution < 1.29 is 4.74 Å². The minimum atomic E-state index is 0.662. The maximum absolute atomic E-state index is 5.71. The molecule has 1 fully saturated rings. The predicted molar refractivity (Wildman–Crippen MR) is 86.1 cm³/mol. The maximum Gasteiger partial charge on any atom is 0.218 e. The number of hydrogen-bond donors (Lipinski definition) is 1. The van der Waals surface area contributed by atoms with E-state index in [4.69, 9.17) is 4.74 Å². The summed E-state index contributed by atoms with van der Waals surface area (Å²) in [5.41, 5.74) is 3.07. The molecule has 5 nitrogen and oxygen atoms in total. The van der Waals surface area contributed by atoms with Crippen molar-refractivity contribution in [3.8, 4) is 17.1 Å². The second-order valence-electron chi connectivity index (χ2n) is 5.79. The molecule has 1 N–H and O–H groups in total. The second kappa shape index (κ2) is 5.93. The standard InChI is InChI=1S/C17H20N4O/c1-2-9-21(8-1)16-6-4-13(12-19-16)15-5-3-14-11-18-7-10-22-17(14)20-15/h3-6,12,18H,1-2,7-11H2. The predicted octanol–water partition coefficient (Wildman–Crippen LogP) is 2.23. The Bertz CT molecular complexity index is 650. The van der Waals surface area contributed by atoms with Crippen LogP contribution in [0.25, 0.3) is 11.3 Å². The van der Waals surface area contributed by atoms with E-state index in [0.29, 0.717) is 6.61 Å². The summed E-state index contributed by atoms with van der Waals surface area (Å²) in [5.74, 6) is 1.81. The van der Waals surface area contributed by atoms with Crippen LogP contribution in [0.4, 0.5) is 5.82 Å². The van der Waals surface area contributed by atoms with Gasteiger partial charge in [-0.05, 0) is 31.0 Å². The Labute approximate surface area is 130 Å². The average molecular weight is 296 g/mol. The van der Waals surface area contributed by atoms with Crippen LogP contribution in [0.2, 0.25) is 0 Å². The molecule has 0 unspecified atom stereocenters. The lowest BCUT2D eigenvalue weighted by Crippen LogP contribution is -2.18. The van der Waals surface area contributed by atoms with Gasteiger partial charge in [-0.1, -0.05) is 6.07 Å². The Hall–Kier alpha value is -2.14. The molecule has 22 heavy (non-hydrogen) atoms. The molecule has 114 valence electrons. The Balaban J connectivity index is 1.60. The van der Waals surface area contributed by atoms with Crippen molar-refractivity contribution in [2.24, 2.45) is 0 Å². The van der Waals surface area contributed by atoms with Gasteiger partial charge in [0, 0.05) is 43.5 Å². The van der Waals surface area contributed by atoms with E-state index in [1.165, 1.54) is 12.8 Å². The fourth-order valence-corrected chi connectivity index (χ4v) is 3.00. The number of anilines is 1. The summed E-state index contributed by atoms with van der Waals surface area (Å²) < 4.78 is 5.71. The van der Waals surface area contributed by atoms with E-state index in [9.17, 15) is 0 Å². The van der Waals surface area contributed by atoms with Gasteiger partial charge >= 0.3 is 0 Å². The van der Waals surface area contributed by atoms with E-state index in [1.54, 1.807) is 0 Å². The van der Waals surface area contributed by atoms with E-state index in [0.717, 1.165) is 54.7 Å². The Morgan fingerprint density at radius 2 is 2.00 bits per heavy atom. The second-order valence-corrected chi connectivity index (χ2v) is 5.79. The lowest BCUT2D eigenvalue weighted by molar-refractivity contribution is 0.314. The first kappa shape index (κ1) is 13.5. The molecule has 4 rings (SSSR count). The van der Waals surface area contributed by atoms with E-state index in [1.807, 2.05) is 12.3 Å². The highest BCUT2D eigenvalue weighted by Crippen LogP contribution is 2.25. The monoisotopic (exact) mass is 296 g/mol. The molecular formula is C17H20N4O.